The molecule has 2 aromatic rings. The first-order valence-corrected chi connectivity index (χ1v) is 7.17. The number of hydrogen-bond acceptors (Lipinski definition) is 3. The molecule has 1 N–H and O–H groups in total. The fourth-order valence-corrected chi connectivity index (χ4v) is 2.90. The molecule has 1 amide bonds. The molecule has 0 aliphatic carbocycles. The Morgan fingerprint density at radius 3 is 2.33 bits per heavy atom. The van der Waals surface area contributed by atoms with E-state index < -0.39 is 16.6 Å². The van der Waals surface area contributed by atoms with Gasteiger partial charge in [0.1, 0.15) is 5.82 Å². The van der Waals surface area contributed by atoms with Gasteiger partial charge in [-0.2, -0.15) is 0 Å². The van der Waals surface area contributed by atoms with Gasteiger partial charge in [-0.15, -0.1) is 0 Å². The number of amides is 1. The maximum absolute atomic E-state index is 13.6. The van der Waals surface area contributed by atoms with Gasteiger partial charge in [0.15, 0.2) is 0 Å². The molecule has 0 aromatic heterocycles. The van der Waals surface area contributed by atoms with Gasteiger partial charge in [-0.3, -0.25) is 14.9 Å². The van der Waals surface area contributed by atoms with Gasteiger partial charge in [0.2, 0.25) is 0 Å². The highest BCUT2D eigenvalue weighted by Crippen LogP contribution is 2.24. The molecule has 0 saturated carbocycles. The maximum Gasteiger partial charge on any atom is 0.271 e. The summed E-state index contributed by atoms with van der Waals surface area (Å²) in [7, 11) is 0. The molecular weight excluding hydrogens is 411 g/mol. The number of carbonyl (C=O) groups excluding carboxylic acids is 1. The molecular formula is C13H7Br2FN2O3. The predicted molar refractivity (Wildman–Crippen MR) is 82.8 cm³/mol. The number of nitrogens with one attached hydrogen (secondary N) is 1. The molecule has 0 bridgehead atoms. The number of rotatable bonds is 3. The van der Waals surface area contributed by atoms with E-state index in [1.807, 2.05) is 0 Å². The minimum Gasteiger partial charge on any atom is -0.319 e. The zero-order valence-corrected chi connectivity index (χ0v) is 13.4. The molecule has 0 radical (unpaired) electrons. The van der Waals surface area contributed by atoms with E-state index in [4.69, 9.17) is 0 Å². The smallest absolute Gasteiger partial charge is 0.271 e. The molecule has 5 nitrogen and oxygen atoms in total. The van der Waals surface area contributed by atoms with Crippen molar-refractivity contribution < 1.29 is 14.1 Å². The van der Waals surface area contributed by atoms with E-state index in [1.54, 1.807) is 18.2 Å². The molecule has 21 heavy (non-hydrogen) atoms. The average Bonchev–Trinajstić information content (AvgIpc) is 2.39. The zero-order valence-electron chi connectivity index (χ0n) is 10.3. The van der Waals surface area contributed by atoms with Gasteiger partial charge >= 0.3 is 0 Å². The van der Waals surface area contributed by atoms with E-state index in [9.17, 15) is 19.3 Å². The van der Waals surface area contributed by atoms with E-state index >= 15 is 0 Å². The molecule has 108 valence electrons. The number of benzene rings is 2. The van der Waals surface area contributed by atoms with Crippen molar-refractivity contribution >= 4 is 49.1 Å². The van der Waals surface area contributed by atoms with Crippen LogP contribution in [0.5, 0.6) is 0 Å². The van der Waals surface area contributed by atoms with Crippen molar-refractivity contribution in [3.05, 3.63) is 66.8 Å². The topological polar surface area (TPSA) is 72.2 Å². The molecule has 2 rings (SSSR count). The summed E-state index contributed by atoms with van der Waals surface area (Å²) < 4.78 is 14.9. The summed E-state index contributed by atoms with van der Waals surface area (Å²) in [6.07, 6.45) is 0. The Hall–Kier alpha value is -1.80. The van der Waals surface area contributed by atoms with Crippen LogP contribution in [0.3, 0.4) is 0 Å². The fraction of sp³-hybridized carbons (Fsp3) is 0. The van der Waals surface area contributed by atoms with Crippen LogP contribution in [0.4, 0.5) is 15.8 Å². The van der Waals surface area contributed by atoms with Gasteiger partial charge in [-0.1, -0.05) is 31.9 Å². The Balaban J connectivity index is 2.31. The molecule has 0 heterocycles. The highest BCUT2D eigenvalue weighted by Gasteiger charge is 2.14. The van der Waals surface area contributed by atoms with Crippen LogP contribution in [0, 0.1) is 15.9 Å². The third-order valence-corrected chi connectivity index (χ3v) is 3.45. The number of non-ortho nitro benzene ring substituents is 1. The number of anilines is 1. The van der Waals surface area contributed by atoms with Crippen LogP contribution in [-0.2, 0) is 0 Å². The molecule has 0 aliphatic rings. The van der Waals surface area contributed by atoms with Gasteiger partial charge < -0.3 is 5.32 Å². The Labute approximate surface area is 135 Å². The summed E-state index contributed by atoms with van der Waals surface area (Å²) in [4.78, 5) is 22.1. The summed E-state index contributed by atoms with van der Waals surface area (Å²) >= 11 is 6.48. The molecule has 0 fully saturated rings. The second-order valence-electron chi connectivity index (χ2n) is 4.03. The highest BCUT2D eigenvalue weighted by atomic mass is 79.9. The lowest BCUT2D eigenvalue weighted by Crippen LogP contribution is -2.13. The summed E-state index contributed by atoms with van der Waals surface area (Å²) in [6.45, 7) is 0. The zero-order chi connectivity index (χ0) is 15.6. The Morgan fingerprint density at radius 2 is 1.76 bits per heavy atom. The minimum absolute atomic E-state index is 0.245. The predicted octanol–water partition coefficient (Wildman–Crippen LogP) is 4.51. The molecule has 0 unspecified atom stereocenters. The van der Waals surface area contributed by atoms with Crippen LogP contribution in [0.15, 0.2) is 45.3 Å². The molecule has 0 aliphatic heterocycles. The third-order valence-electron chi connectivity index (χ3n) is 2.53. The van der Waals surface area contributed by atoms with Crippen molar-refractivity contribution in [1.29, 1.82) is 0 Å². The number of halogens is 3. The fourth-order valence-electron chi connectivity index (χ4n) is 1.60. The van der Waals surface area contributed by atoms with Crippen LogP contribution in [0.25, 0.3) is 0 Å². The van der Waals surface area contributed by atoms with Crippen LogP contribution < -0.4 is 5.32 Å². The summed E-state index contributed by atoms with van der Waals surface area (Å²) in [5.41, 5.74) is -0.269. The van der Waals surface area contributed by atoms with Gasteiger partial charge in [0, 0.05) is 26.6 Å². The first-order valence-electron chi connectivity index (χ1n) is 5.58. The van der Waals surface area contributed by atoms with Crippen LogP contribution in [0.1, 0.15) is 10.4 Å². The van der Waals surface area contributed by atoms with Crippen LogP contribution in [-0.4, -0.2) is 10.8 Å². The maximum atomic E-state index is 13.6. The summed E-state index contributed by atoms with van der Waals surface area (Å²) in [6, 6.07) is 7.78. The van der Waals surface area contributed by atoms with Crippen LogP contribution >= 0.6 is 31.9 Å². The first-order chi connectivity index (χ1) is 9.86. The molecule has 0 spiro atoms. The number of nitro benzene ring substituents is 1. The quantitative estimate of drug-likeness (QED) is 0.589. The van der Waals surface area contributed by atoms with Crippen molar-refractivity contribution in [2.45, 2.75) is 0 Å². The van der Waals surface area contributed by atoms with E-state index in [-0.39, 0.29) is 16.9 Å². The van der Waals surface area contributed by atoms with Crippen LogP contribution in [0.2, 0.25) is 0 Å². The monoisotopic (exact) mass is 416 g/mol. The van der Waals surface area contributed by atoms with Crippen molar-refractivity contribution in [2.24, 2.45) is 0 Å². The van der Waals surface area contributed by atoms with E-state index in [1.165, 1.54) is 0 Å². The van der Waals surface area contributed by atoms with Gasteiger partial charge in [0.05, 0.1) is 10.6 Å². The normalized spacial score (nSPS) is 10.2. The molecule has 0 atom stereocenters. The van der Waals surface area contributed by atoms with E-state index in [2.05, 4.69) is 37.2 Å². The largest absolute Gasteiger partial charge is 0.319 e. The number of carbonyl (C=O) groups is 1. The van der Waals surface area contributed by atoms with Gasteiger partial charge in [-0.05, 0) is 24.3 Å². The number of nitrogens with zero attached hydrogens (tertiary/aromatic N) is 1. The Kier molecular flexibility index (Phi) is 4.69. The standard InChI is InChI=1S/C13H7Br2FN2O3/c14-8-3-7(4-9(15)5-8)13(19)17-12-6-10(18(20)21)1-2-11(12)16/h1-6H,(H,17,19). The Bertz CT molecular complexity index is 717. The summed E-state index contributed by atoms with van der Waals surface area (Å²) in [5, 5.41) is 13.0. The Morgan fingerprint density at radius 1 is 1.14 bits per heavy atom. The van der Waals surface area contributed by atoms with E-state index in [0.717, 1.165) is 18.2 Å². The second kappa shape index (κ2) is 6.31. The van der Waals surface area contributed by atoms with Crippen molar-refractivity contribution in [3.8, 4) is 0 Å². The van der Waals surface area contributed by atoms with Crippen molar-refractivity contribution in [2.75, 3.05) is 5.32 Å². The molecule has 0 saturated heterocycles. The average molecular weight is 418 g/mol. The SMILES string of the molecule is O=C(Nc1cc([N+](=O)[O-])ccc1F)c1cc(Br)cc(Br)c1. The minimum atomic E-state index is -0.747. The van der Waals surface area contributed by atoms with Gasteiger partial charge in [-0.25, -0.2) is 4.39 Å². The van der Waals surface area contributed by atoms with Gasteiger partial charge in [0.25, 0.3) is 11.6 Å². The highest BCUT2D eigenvalue weighted by molar-refractivity contribution is 9.11. The van der Waals surface area contributed by atoms with E-state index in [0.29, 0.717) is 8.95 Å². The summed E-state index contributed by atoms with van der Waals surface area (Å²) in [5.74, 6) is -1.32. The second-order valence-corrected chi connectivity index (χ2v) is 5.86. The number of nitro groups is 1. The van der Waals surface area contributed by atoms with Crippen molar-refractivity contribution in [3.63, 3.8) is 0 Å². The lowest BCUT2D eigenvalue weighted by molar-refractivity contribution is -0.384. The first kappa shape index (κ1) is 15.6. The third kappa shape index (κ3) is 3.85. The molecule has 8 heteroatoms. The molecule has 2 aromatic carbocycles. The lowest BCUT2D eigenvalue weighted by atomic mass is 10.2. The van der Waals surface area contributed by atoms with Crippen molar-refractivity contribution in [1.82, 2.24) is 0 Å². The lowest BCUT2D eigenvalue weighted by Gasteiger charge is -2.07. The number of hydrogen-bond donors (Lipinski definition) is 1.